The molecule has 1 aliphatic carbocycles. The summed E-state index contributed by atoms with van der Waals surface area (Å²) in [5.41, 5.74) is 1.77. The van der Waals surface area contributed by atoms with Crippen LogP contribution in [0.4, 0.5) is 14.9 Å². The number of hydrogen-bond acceptors (Lipinski definition) is 4. The first-order valence-electron chi connectivity index (χ1n) is 13.3. The molecule has 2 aliphatic rings. The molecule has 0 spiro atoms. The van der Waals surface area contributed by atoms with Gasteiger partial charge in [-0.15, -0.1) is 0 Å². The first-order chi connectivity index (χ1) is 17.9. The van der Waals surface area contributed by atoms with E-state index in [1.807, 2.05) is 31.2 Å². The predicted molar refractivity (Wildman–Crippen MR) is 140 cm³/mol. The minimum atomic E-state index is -1.03. The van der Waals surface area contributed by atoms with Gasteiger partial charge in [0.05, 0.1) is 6.61 Å². The van der Waals surface area contributed by atoms with Crippen LogP contribution in [0.15, 0.2) is 48.5 Å². The number of hydrogen-bond donors (Lipinski definition) is 1. The fourth-order valence-corrected chi connectivity index (χ4v) is 5.46. The number of carbonyl (C=O) groups excluding carboxylic acids is 3. The molecule has 0 aromatic heterocycles. The molecule has 2 aromatic carbocycles. The third kappa shape index (κ3) is 6.12. The zero-order chi connectivity index (χ0) is 26.4. The maximum Gasteiger partial charge on any atom is 0.410 e. The summed E-state index contributed by atoms with van der Waals surface area (Å²) in [7, 11) is 0. The van der Waals surface area contributed by atoms with Gasteiger partial charge in [0.15, 0.2) is 0 Å². The van der Waals surface area contributed by atoms with Gasteiger partial charge in [0.25, 0.3) is 5.91 Å². The van der Waals surface area contributed by atoms with Gasteiger partial charge in [0.2, 0.25) is 5.91 Å². The quantitative estimate of drug-likeness (QED) is 0.551. The van der Waals surface area contributed by atoms with Crippen molar-refractivity contribution in [3.8, 4) is 0 Å². The van der Waals surface area contributed by atoms with E-state index in [1.54, 1.807) is 13.0 Å². The molecule has 3 amide bonds. The number of benzene rings is 2. The van der Waals surface area contributed by atoms with Gasteiger partial charge in [-0.3, -0.25) is 19.4 Å². The zero-order valence-corrected chi connectivity index (χ0v) is 21.6. The van der Waals surface area contributed by atoms with Crippen LogP contribution >= 0.6 is 0 Å². The van der Waals surface area contributed by atoms with Gasteiger partial charge in [-0.1, -0.05) is 49.6 Å². The number of nitrogens with one attached hydrogen (secondary N) is 1. The van der Waals surface area contributed by atoms with E-state index in [-0.39, 0.29) is 24.2 Å². The van der Waals surface area contributed by atoms with Gasteiger partial charge < -0.3 is 10.1 Å². The van der Waals surface area contributed by atoms with E-state index in [1.165, 1.54) is 28.0 Å². The number of anilines is 1. The molecule has 1 saturated carbocycles. The molecule has 0 radical (unpaired) electrons. The van der Waals surface area contributed by atoms with Gasteiger partial charge in [-0.2, -0.15) is 0 Å². The van der Waals surface area contributed by atoms with Crippen molar-refractivity contribution in [2.24, 2.45) is 0 Å². The molecule has 0 unspecified atom stereocenters. The number of nitrogens with zero attached hydrogens (tertiary/aromatic N) is 2. The summed E-state index contributed by atoms with van der Waals surface area (Å²) in [6, 6.07) is 11.3. The second kappa shape index (κ2) is 12.2. The van der Waals surface area contributed by atoms with Crippen LogP contribution in [0.5, 0.6) is 0 Å². The van der Waals surface area contributed by atoms with Crippen LogP contribution in [-0.2, 0) is 14.3 Å². The number of ether oxygens (including phenoxy) is 1. The summed E-state index contributed by atoms with van der Waals surface area (Å²) in [6.07, 6.45) is 5.53. The zero-order valence-electron chi connectivity index (χ0n) is 21.6. The Kier molecular flexibility index (Phi) is 8.79. The molecule has 1 heterocycles. The van der Waals surface area contributed by atoms with E-state index < -0.39 is 29.9 Å². The van der Waals surface area contributed by atoms with E-state index in [9.17, 15) is 18.8 Å². The van der Waals surface area contributed by atoms with Crippen LogP contribution in [0.1, 0.15) is 69.0 Å². The summed E-state index contributed by atoms with van der Waals surface area (Å²) < 4.78 is 19.7. The van der Waals surface area contributed by atoms with Crippen molar-refractivity contribution in [3.63, 3.8) is 0 Å². The summed E-state index contributed by atoms with van der Waals surface area (Å²) in [5.74, 6) is -1.25. The lowest BCUT2D eigenvalue weighted by Gasteiger charge is -2.36. The summed E-state index contributed by atoms with van der Waals surface area (Å²) in [6.45, 7) is 4.19. The van der Waals surface area contributed by atoms with Crippen LogP contribution in [0.3, 0.4) is 0 Å². The van der Waals surface area contributed by atoms with Crippen molar-refractivity contribution in [2.45, 2.75) is 76.9 Å². The summed E-state index contributed by atoms with van der Waals surface area (Å²) in [4.78, 5) is 43.7. The summed E-state index contributed by atoms with van der Waals surface area (Å²) in [5, 5.41) is 3.18. The third-order valence-corrected chi connectivity index (χ3v) is 7.31. The van der Waals surface area contributed by atoms with E-state index in [0.29, 0.717) is 24.9 Å². The highest BCUT2D eigenvalue weighted by Crippen LogP contribution is 2.34. The number of likely N-dealkylation sites (tertiary alicyclic amines) is 1. The molecule has 1 saturated heterocycles. The number of rotatable bonds is 7. The molecule has 2 atom stereocenters. The minimum absolute atomic E-state index is 0.0275. The molecule has 198 valence electrons. The highest BCUT2D eigenvalue weighted by Gasteiger charge is 2.43. The Balaban J connectivity index is 1.78. The number of amides is 3. The molecule has 1 N–H and O–H groups in total. The van der Waals surface area contributed by atoms with Gasteiger partial charge in [0.1, 0.15) is 17.9 Å². The Hall–Kier alpha value is -3.42. The fourth-order valence-electron chi connectivity index (χ4n) is 5.46. The highest BCUT2D eigenvalue weighted by atomic mass is 19.1. The van der Waals surface area contributed by atoms with E-state index >= 15 is 0 Å². The molecule has 0 bridgehead atoms. The molecule has 4 rings (SSSR count). The third-order valence-electron chi connectivity index (χ3n) is 7.31. The van der Waals surface area contributed by atoms with Crippen molar-refractivity contribution < 1.29 is 23.5 Å². The highest BCUT2D eigenvalue weighted by molar-refractivity contribution is 6.05. The van der Waals surface area contributed by atoms with Crippen LogP contribution < -0.4 is 10.2 Å². The largest absolute Gasteiger partial charge is 0.450 e. The average Bonchev–Trinajstić information content (AvgIpc) is 3.38. The molecule has 2 aromatic rings. The van der Waals surface area contributed by atoms with Crippen molar-refractivity contribution >= 4 is 23.6 Å². The van der Waals surface area contributed by atoms with Crippen molar-refractivity contribution in [1.29, 1.82) is 0 Å². The molecular formula is C29H36FN3O4. The molecule has 2 fully saturated rings. The van der Waals surface area contributed by atoms with E-state index in [0.717, 1.165) is 37.7 Å². The Labute approximate surface area is 218 Å². The lowest BCUT2D eigenvalue weighted by atomic mass is 9.93. The maximum absolute atomic E-state index is 14.5. The van der Waals surface area contributed by atoms with Crippen molar-refractivity contribution in [3.05, 3.63) is 65.5 Å². The van der Waals surface area contributed by atoms with Crippen LogP contribution in [0.25, 0.3) is 0 Å². The normalized spacial score (nSPS) is 18.8. The second-order valence-electron chi connectivity index (χ2n) is 9.84. The van der Waals surface area contributed by atoms with Crippen LogP contribution in [0.2, 0.25) is 0 Å². The number of carbonyl (C=O) groups is 3. The van der Waals surface area contributed by atoms with E-state index in [2.05, 4.69) is 5.32 Å². The van der Waals surface area contributed by atoms with Crippen LogP contribution in [0, 0.1) is 12.7 Å². The molecule has 37 heavy (non-hydrogen) atoms. The SMILES string of the molecule is CCOC(=O)N1CCC[C@@H]1C(=O)N(c1cccc(F)c1)[C@H](C(=O)NC1CCCCC1)c1ccccc1C. The van der Waals surface area contributed by atoms with Gasteiger partial charge in [-0.05, 0) is 68.9 Å². The predicted octanol–water partition coefficient (Wildman–Crippen LogP) is 5.28. The Morgan fingerprint density at radius 1 is 1.05 bits per heavy atom. The fraction of sp³-hybridized carbons (Fsp3) is 0.483. The Morgan fingerprint density at radius 2 is 1.81 bits per heavy atom. The van der Waals surface area contributed by atoms with Gasteiger partial charge in [-0.25, -0.2) is 9.18 Å². The lowest BCUT2D eigenvalue weighted by Crippen LogP contribution is -2.53. The molecule has 7 nitrogen and oxygen atoms in total. The smallest absolute Gasteiger partial charge is 0.410 e. The van der Waals surface area contributed by atoms with Gasteiger partial charge >= 0.3 is 6.09 Å². The van der Waals surface area contributed by atoms with Crippen LogP contribution in [-0.4, -0.2) is 48.0 Å². The average molecular weight is 510 g/mol. The number of aryl methyl sites for hydroxylation is 1. The summed E-state index contributed by atoms with van der Waals surface area (Å²) >= 11 is 0. The lowest BCUT2D eigenvalue weighted by molar-refractivity contribution is -0.129. The maximum atomic E-state index is 14.5. The number of halogens is 1. The minimum Gasteiger partial charge on any atom is -0.450 e. The standard InChI is InChI=1S/C29H36FN3O4/c1-3-37-29(36)32-18-10-17-25(32)28(35)33(23-15-9-12-21(30)19-23)26(24-16-8-7-11-20(24)2)27(34)31-22-13-5-4-6-14-22/h7-9,11-12,15-16,19,22,25-26H,3-6,10,13-14,17-18H2,1-2H3,(H,31,34)/t25-,26+/m1/s1. The Bertz CT molecular complexity index is 1120. The molecular weight excluding hydrogens is 473 g/mol. The first kappa shape index (κ1) is 26.6. The topological polar surface area (TPSA) is 79.0 Å². The van der Waals surface area contributed by atoms with E-state index in [4.69, 9.17) is 4.74 Å². The van der Waals surface area contributed by atoms with Crippen molar-refractivity contribution in [2.75, 3.05) is 18.1 Å². The van der Waals surface area contributed by atoms with Gasteiger partial charge in [0, 0.05) is 18.3 Å². The molecule has 8 heteroatoms. The molecule has 1 aliphatic heterocycles. The second-order valence-corrected chi connectivity index (χ2v) is 9.84. The Morgan fingerprint density at radius 3 is 2.51 bits per heavy atom. The monoisotopic (exact) mass is 509 g/mol. The van der Waals surface area contributed by atoms with Crippen molar-refractivity contribution in [1.82, 2.24) is 10.2 Å². The first-order valence-corrected chi connectivity index (χ1v) is 13.3.